The first kappa shape index (κ1) is 18.0. The number of benzene rings is 1. The molecule has 1 aromatic carbocycles. The molecule has 1 N–H and O–H groups in total. The summed E-state index contributed by atoms with van der Waals surface area (Å²) in [5.74, 6) is 1.35. The number of aliphatic hydroxyl groups is 1. The highest BCUT2D eigenvalue weighted by molar-refractivity contribution is 6.30. The van der Waals surface area contributed by atoms with Crippen molar-refractivity contribution in [1.82, 2.24) is 14.5 Å². The van der Waals surface area contributed by atoms with E-state index in [9.17, 15) is 5.11 Å². The van der Waals surface area contributed by atoms with Crippen molar-refractivity contribution in [1.29, 1.82) is 0 Å². The van der Waals surface area contributed by atoms with Gasteiger partial charge in [0.05, 0.1) is 32.7 Å². The molecule has 0 spiro atoms. The van der Waals surface area contributed by atoms with Crippen LogP contribution >= 0.6 is 11.6 Å². The van der Waals surface area contributed by atoms with Gasteiger partial charge in [0.2, 0.25) is 0 Å². The van der Waals surface area contributed by atoms with Gasteiger partial charge in [-0.3, -0.25) is 4.90 Å². The van der Waals surface area contributed by atoms with E-state index in [0.29, 0.717) is 42.5 Å². The summed E-state index contributed by atoms with van der Waals surface area (Å²) in [6.07, 6.45) is 6.79. The number of halogens is 1. The zero-order valence-corrected chi connectivity index (χ0v) is 15.4. The Hall–Kier alpha value is -1.76. The van der Waals surface area contributed by atoms with Crippen LogP contribution in [0.15, 0.2) is 30.9 Å². The van der Waals surface area contributed by atoms with Crippen LogP contribution in [0.4, 0.5) is 0 Å². The van der Waals surface area contributed by atoms with Crippen LogP contribution in [0.2, 0.25) is 5.02 Å². The minimum atomic E-state index is -0.687. The summed E-state index contributed by atoms with van der Waals surface area (Å²) in [5, 5.41) is 11.4. The summed E-state index contributed by atoms with van der Waals surface area (Å²) in [6.45, 7) is 2.91. The van der Waals surface area contributed by atoms with Crippen LogP contribution in [0.25, 0.3) is 0 Å². The van der Waals surface area contributed by atoms with Gasteiger partial charge in [-0.25, -0.2) is 4.98 Å². The number of hydrogen-bond donors (Lipinski definition) is 1. The van der Waals surface area contributed by atoms with Crippen LogP contribution in [0, 0.1) is 0 Å². The van der Waals surface area contributed by atoms with Gasteiger partial charge in [-0.05, 0) is 18.9 Å². The minimum absolute atomic E-state index is 0.579. The van der Waals surface area contributed by atoms with Crippen LogP contribution in [0.1, 0.15) is 18.4 Å². The first-order chi connectivity index (χ1) is 12.0. The second-order valence-electron chi connectivity index (χ2n) is 6.54. The number of ether oxygens (including phenoxy) is 2. The van der Waals surface area contributed by atoms with Crippen molar-refractivity contribution >= 4 is 11.6 Å². The Bertz CT molecular complexity index is 698. The number of hydrogen-bond acceptors (Lipinski definition) is 5. The summed E-state index contributed by atoms with van der Waals surface area (Å²) in [5.41, 5.74) is 0.305. The third-order valence-corrected chi connectivity index (χ3v) is 4.96. The van der Waals surface area contributed by atoms with E-state index < -0.39 is 5.60 Å². The molecule has 0 unspecified atom stereocenters. The lowest BCUT2D eigenvalue weighted by Crippen LogP contribution is -2.46. The minimum Gasteiger partial charge on any atom is -0.493 e. The zero-order valence-electron chi connectivity index (χ0n) is 14.6. The highest BCUT2D eigenvalue weighted by atomic mass is 35.5. The molecule has 1 fully saturated rings. The molecule has 1 saturated heterocycles. The summed E-state index contributed by atoms with van der Waals surface area (Å²) in [4.78, 5) is 6.34. The number of imidazole rings is 1. The molecular formula is C18H24ClN3O3. The van der Waals surface area contributed by atoms with Crippen LogP contribution in [0.5, 0.6) is 11.5 Å². The quantitative estimate of drug-likeness (QED) is 0.852. The Labute approximate surface area is 152 Å². The van der Waals surface area contributed by atoms with Crippen molar-refractivity contribution in [3.8, 4) is 11.5 Å². The number of piperidine rings is 1. The van der Waals surface area contributed by atoms with E-state index in [1.807, 2.05) is 16.8 Å². The van der Waals surface area contributed by atoms with Gasteiger partial charge in [0.25, 0.3) is 0 Å². The fourth-order valence-electron chi connectivity index (χ4n) is 3.37. The van der Waals surface area contributed by atoms with Crippen molar-refractivity contribution < 1.29 is 14.6 Å². The molecular weight excluding hydrogens is 342 g/mol. The molecule has 0 amide bonds. The van der Waals surface area contributed by atoms with E-state index in [1.54, 1.807) is 32.8 Å². The number of aromatic nitrogens is 2. The van der Waals surface area contributed by atoms with Gasteiger partial charge >= 0.3 is 0 Å². The second kappa shape index (κ2) is 7.64. The van der Waals surface area contributed by atoms with Crippen molar-refractivity contribution in [3.63, 3.8) is 0 Å². The van der Waals surface area contributed by atoms with E-state index in [1.165, 1.54) is 0 Å². The predicted octanol–water partition coefficient (Wildman–Crippen LogP) is 2.58. The Kier molecular flexibility index (Phi) is 5.51. The van der Waals surface area contributed by atoms with Crippen LogP contribution < -0.4 is 9.47 Å². The summed E-state index contributed by atoms with van der Waals surface area (Å²) >= 11 is 6.20. The lowest BCUT2D eigenvalue weighted by Gasteiger charge is -2.38. The normalized spacial score (nSPS) is 17.4. The van der Waals surface area contributed by atoms with Gasteiger partial charge in [-0.15, -0.1) is 0 Å². The van der Waals surface area contributed by atoms with Crippen molar-refractivity contribution in [2.45, 2.75) is 31.5 Å². The number of methoxy groups -OCH3 is 2. The van der Waals surface area contributed by atoms with E-state index in [4.69, 9.17) is 21.1 Å². The molecule has 1 aliphatic heterocycles. The van der Waals surface area contributed by atoms with Gasteiger partial charge < -0.3 is 19.1 Å². The highest BCUT2D eigenvalue weighted by Crippen LogP contribution is 2.36. The van der Waals surface area contributed by atoms with Crippen molar-refractivity contribution in [3.05, 3.63) is 41.4 Å². The van der Waals surface area contributed by atoms with Gasteiger partial charge in [-0.1, -0.05) is 11.6 Å². The molecule has 2 heterocycles. The van der Waals surface area contributed by atoms with Crippen molar-refractivity contribution in [2.75, 3.05) is 27.3 Å². The summed E-state index contributed by atoms with van der Waals surface area (Å²) in [6, 6.07) is 3.67. The molecule has 0 saturated carbocycles. The van der Waals surface area contributed by atoms with Gasteiger partial charge in [0, 0.05) is 48.7 Å². The molecule has 2 aromatic rings. The second-order valence-corrected chi connectivity index (χ2v) is 6.97. The Morgan fingerprint density at radius 2 is 2.00 bits per heavy atom. The number of rotatable bonds is 6. The Balaban J connectivity index is 1.65. The van der Waals surface area contributed by atoms with Crippen LogP contribution in [-0.4, -0.2) is 52.5 Å². The number of likely N-dealkylation sites (tertiary alicyclic amines) is 1. The van der Waals surface area contributed by atoms with Gasteiger partial charge in [0.15, 0.2) is 11.5 Å². The molecule has 0 bridgehead atoms. The molecule has 7 heteroatoms. The van der Waals surface area contributed by atoms with Crippen LogP contribution in [-0.2, 0) is 13.1 Å². The molecule has 25 heavy (non-hydrogen) atoms. The SMILES string of the molecule is COc1cc(Cl)cc(CN2CCC(O)(Cn3ccnc3)CC2)c1OC. The molecule has 3 rings (SSSR count). The molecule has 136 valence electrons. The summed E-state index contributed by atoms with van der Waals surface area (Å²) in [7, 11) is 3.24. The number of nitrogens with zero attached hydrogens (tertiary/aromatic N) is 3. The molecule has 1 aliphatic rings. The zero-order chi connectivity index (χ0) is 17.9. The third kappa shape index (κ3) is 4.26. The topological polar surface area (TPSA) is 59.8 Å². The maximum absolute atomic E-state index is 10.8. The maximum atomic E-state index is 10.8. The van der Waals surface area contributed by atoms with Crippen molar-refractivity contribution in [2.24, 2.45) is 0 Å². The smallest absolute Gasteiger partial charge is 0.165 e. The van der Waals surface area contributed by atoms with Gasteiger partial charge in [0.1, 0.15) is 0 Å². The first-order valence-electron chi connectivity index (χ1n) is 8.34. The Morgan fingerprint density at radius 3 is 2.60 bits per heavy atom. The monoisotopic (exact) mass is 365 g/mol. The van der Waals surface area contributed by atoms with E-state index in [-0.39, 0.29) is 0 Å². The van der Waals surface area contributed by atoms with E-state index in [2.05, 4.69) is 9.88 Å². The molecule has 0 aliphatic carbocycles. The Morgan fingerprint density at radius 1 is 1.24 bits per heavy atom. The average molecular weight is 366 g/mol. The molecule has 1 aromatic heterocycles. The first-order valence-corrected chi connectivity index (χ1v) is 8.72. The van der Waals surface area contributed by atoms with E-state index >= 15 is 0 Å². The standard InChI is InChI=1S/C18H24ClN3O3/c1-24-16-10-15(19)9-14(17(16)25-2)11-21-6-3-18(23,4-7-21)12-22-8-5-20-13-22/h5,8-10,13,23H,3-4,6-7,11-12H2,1-2H3. The lowest BCUT2D eigenvalue weighted by molar-refractivity contribution is -0.0358. The van der Waals surface area contributed by atoms with Gasteiger partial charge in [-0.2, -0.15) is 0 Å². The fraction of sp³-hybridized carbons (Fsp3) is 0.500. The average Bonchev–Trinajstić information content (AvgIpc) is 3.09. The highest BCUT2D eigenvalue weighted by Gasteiger charge is 2.33. The predicted molar refractivity (Wildman–Crippen MR) is 96.2 cm³/mol. The maximum Gasteiger partial charge on any atom is 0.165 e. The lowest BCUT2D eigenvalue weighted by atomic mass is 9.91. The molecule has 0 radical (unpaired) electrons. The third-order valence-electron chi connectivity index (χ3n) is 4.74. The van der Waals surface area contributed by atoms with E-state index in [0.717, 1.165) is 18.7 Å². The largest absolute Gasteiger partial charge is 0.493 e. The summed E-state index contributed by atoms with van der Waals surface area (Å²) < 4.78 is 12.8. The molecule has 6 nitrogen and oxygen atoms in total. The fourth-order valence-corrected chi connectivity index (χ4v) is 3.60. The molecule has 0 atom stereocenters. The van der Waals surface area contributed by atoms with Crippen LogP contribution in [0.3, 0.4) is 0 Å².